The van der Waals surface area contributed by atoms with E-state index in [1.54, 1.807) is 36.1 Å². The summed E-state index contributed by atoms with van der Waals surface area (Å²) in [5.74, 6) is -1.59. The van der Waals surface area contributed by atoms with E-state index in [0.717, 1.165) is 0 Å². The summed E-state index contributed by atoms with van der Waals surface area (Å²) in [5.41, 5.74) is -0.466. The van der Waals surface area contributed by atoms with Gasteiger partial charge in [0.25, 0.3) is 11.5 Å². The van der Waals surface area contributed by atoms with E-state index in [9.17, 15) is 19.2 Å². The lowest BCUT2D eigenvalue weighted by Gasteiger charge is -2.32. The van der Waals surface area contributed by atoms with E-state index in [1.165, 1.54) is 6.92 Å². The van der Waals surface area contributed by atoms with E-state index in [1.807, 2.05) is 0 Å². The molecule has 0 unspecified atom stereocenters. The molecule has 2 heterocycles. The maximum atomic E-state index is 12.6. The summed E-state index contributed by atoms with van der Waals surface area (Å²) < 4.78 is 10.3. The highest BCUT2D eigenvalue weighted by Crippen LogP contribution is 2.20. The topological polar surface area (TPSA) is 119 Å². The van der Waals surface area contributed by atoms with E-state index in [-0.39, 0.29) is 23.5 Å². The zero-order chi connectivity index (χ0) is 21.0. The zero-order valence-electron chi connectivity index (χ0n) is 16.3. The lowest BCUT2D eigenvalue weighted by molar-refractivity contribution is -0.152. The van der Waals surface area contributed by atoms with Crippen LogP contribution in [0.1, 0.15) is 37.2 Å². The van der Waals surface area contributed by atoms with Gasteiger partial charge in [-0.15, -0.1) is 0 Å². The fraction of sp³-hybridized carbons (Fsp3) is 0.450. The molecule has 0 bridgehead atoms. The molecule has 1 amide bonds. The fourth-order valence-electron chi connectivity index (χ4n) is 3.39. The first kappa shape index (κ1) is 20.5. The second-order valence-corrected chi connectivity index (χ2v) is 6.85. The Morgan fingerprint density at radius 3 is 2.52 bits per heavy atom. The summed E-state index contributed by atoms with van der Waals surface area (Å²) >= 11 is 0. The molecule has 2 aromatic rings. The van der Waals surface area contributed by atoms with Gasteiger partial charge in [0.05, 0.1) is 17.9 Å². The normalized spacial score (nSPS) is 15.7. The Bertz CT molecular complexity index is 978. The molecule has 1 aromatic carbocycles. The van der Waals surface area contributed by atoms with Gasteiger partial charge in [-0.05, 0) is 32.8 Å². The van der Waals surface area contributed by atoms with Gasteiger partial charge in [0.1, 0.15) is 0 Å². The van der Waals surface area contributed by atoms with E-state index < -0.39 is 17.6 Å². The predicted molar refractivity (Wildman–Crippen MR) is 103 cm³/mol. The van der Waals surface area contributed by atoms with E-state index in [0.29, 0.717) is 43.3 Å². The number of nitrogens with zero attached hydrogens (tertiary/aromatic N) is 2. The second kappa shape index (κ2) is 8.85. The molecule has 1 aliphatic rings. The van der Waals surface area contributed by atoms with Gasteiger partial charge >= 0.3 is 11.9 Å². The summed E-state index contributed by atoms with van der Waals surface area (Å²) in [6, 6.07) is 6.54. The van der Waals surface area contributed by atoms with Gasteiger partial charge in [-0.25, -0.2) is 9.89 Å². The number of hydrogen-bond donors (Lipinski definition) is 1. The van der Waals surface area contributed by atoms with Gasteiger partial charge in [-0.3, -0.25) is 14.4 Å². The van der Waals surface area contributed by atoms with Crippen molar-refractivity contribution in [1.82, 2.24) is 15.1 Å². The van der Waals surface area contributed by atoms with Crippen molar-refractivity contribution in [2.45, 2.75) is 32.8 Å². The average molecular weight is 401 g/mol. The second-order valence-electron chi connectivity index (χ2n) is 6.85. The number of carbonyl (C=O) groups excluding carboxylic acids is 3. The molecule has 1 aliphatic heterocycles. The fourth-order valence-corrected chi connectivity index (χ4v) is 3.39. The van der Waals surface area contributed by atoms with Crippen molar-refractivity contribution in [2.75, 3.05) is 19.7 Å². The molecule has 0 radical (unpaired) electrons. The number of aromatic amines is 1. The van der Waals surface area contributed by atoms with Crippen LogP contribution in [-0.4, -0.2) is 58.7 Å². The number of amides is 1. The van der Waals surface area contributed by atoms with Gasteiger partial charge in [0.15, 0.2) is 11.8 Å². The van der Waals surface area contributed by atoms with Crippen molar-refractivity contribution < 1.29 is 23.9 Å². The van der Waals surface area contributed by atoms with Gasteiger partial charge < -0.3 is 14.4 Å². The molecule has 0 aliphatic carbocycles. The van der Waals surface area contributed by atoms with Crippen molar-refractivity contribution in [1.29, 1.82) is 0 Å². The van der Waals surface area contributed by atoms with Crippen LogP contribution in [0.15, 0.2) is 29.1 Å². The molecule has 9 heteroatoms. The van der Waals surface area contributed by atoms with Crippen molar-refractivity contribution in [2.24, 2.45) is 5.92 Å². The van der Waals surface area contributed by atoms with Crippen molar-refractivity contribution >= 4 is 28.6 Å². The molecule has 154 valence electrons. The largest absolute Gasteiger partial charge is 0.466 e. The summed E-state index contributed by atoms with van der Waals surface area (Å²) in [6.07, 6.45) is 0.00321. The SMILES string of the molecule is CCOC(=O)C1CCN(C(=O)[C@H](C)OC(=O)c2n[nH]c(=O)c3ccccc23)CC1. The molecule has 1 saturated heterocycles. The van der Waals surface area contributed by atoms with Crippen LogP contribution < -0.4 is 5.56 Å². The Kier molecular flexibility index (Phi) is 6.26. The molecular weight excluding hydrogens is 378 g/mol. The number of likely N-dealkylation sites (tertiary alicyclic amines) is 1. The average Bonchev–Trinajstić information content (AvgIpc) is 2.73. The zero-order valence-corrected chi connectivity index (χ0v) is 16.3. The lowest BCUT2D eigenvalue weighted by atomic mass is 9.97. The van der Waals surface area contributed by atoms with Gasteiger partial charge in [0, 0.05) is 18.5 Å². The molecule has 1 N–H and O–H groups in total. The molecule has 29 heavy (non-hydrogen) atoms. The number of ether oxygens (including phenoxy) is 2. The first-order valence-electron chi connectivity index (χ1n) is 9.56. The van der Waals surface area contributed by atoms with Crippen LogP contribution in [0.25, 0.3) is 10.8 Å². The summed E-state index contributed by atoms with van der Waals surface area (Å²) in [4.78, 5) is 50.4. The number of H-pyrrole nitrogens is 1. The Morgan fingerprint density at radius 2 is 1.86 bits per heavy atom. The standard InChI is InChI=1S/C20H23N3O6/c1-3-28-19(26)13-8-10-23(11-9-13)18(25)12(2)29-20(27)16-14-6-4-5-7-15(14)17(24)22-21-16/h4-7,12-13H,3,8-11H2,1-2H3,(H,22,24)/t12-/m0/s1. The van der Waals surface area contributed by atoms with Crippen LogP contribution >= 0.6 is 0 Å². The first-order valence-corrected chi connectivity index (χ1v) is 9.56. The Labute approximate surface area is 167 Å². The smallest absolute Gasteiger partial charge is 0.360 e. The number of rotatable bonds is 5. The number of carbonyl (C=O) groups is 3. The molecule has 9 nitrogen and oxygen atoms in total. The third-order valence-electron chi connectivity index (χ3n) is 4.95. The van der Waals surface area contributed by atoms with Gasteiger partial charge in [-0.1, -0.05) is 18.2 Å². The minimum Gasteiger partial charge on any atom is -0.466 e. The molecule has 1 atom stereocenters. The van der Waals surface area contributed by atoms with Crippen molar-refractivity contribution in [3.63, 3.8) is 0 Å². The van der Waals surface area contributed by atoms with Gasteiger partial charge in [0.2, 0.25) is 0 Å². The highest BCUT2D eigenvalue weighted by Gasteiger charge is 2.31. The number of aromatic nitrogens is 2. The number of piperidine rings is 1. The minimum atomic E-state index is -1.02. The summed E-state index contributed by atoms with van der Waals surface area (Å²) in [5, 5.41) is 6.73. The molecule has 1 fully saturated rings. The van der Waals surface area contributed by atoms with Crippen molar-refractivity contribution in [3.05, 3.63) is 40.3 Å². The maximum Gasteiger partial charge on any atom is 0.360 e. The number of benzene rings is 1. The van der Waals surface area contributed by atoms with Crippen LogP contribution in [0.4, 0.5) is 0 Å². The van der Waals surface area contributed by atoms with E-state index >= 15 is 0 Å². The Morgan fingerprint density at radius 1 is 1.21 bits per heavy atom. The van der Waals surface area contributed by atoms with Crippen LogP contribution in [0.3, 0.4) is 0 Å². The monoisotopic (exact) mass is 401 g/mol. The van der Waals surface area contributed by atoms with E-state index in [4.69, 9.17) is 9.47 Å². The first-order chi connectivity index (χ1) is 13.9. The number of hydrogen-bond acceptors (Lipinski definition) is 7. The van der Waals surface area contributed by atoms with Crippen LogP contribution in [-0.2, 0) is 19.1 Å². The number of fused-ring (bicyclic) bond motifs is 1. The number of nitrogens with one attached hydrogen (secondary N) is 1. The Balaban J connectivity index is 1.64. The molecule has 3 rings (SSSR count). The third kappa shape index (κ3) is 4.44. The molecule has 1 aromatic heterocycles. The van der Waals surface area contributed by atoms with Crippen LogP contribution in [0.2, 0.25) is 0 Å². The summed E-state index contributed by atoms with van der Waals surface area (Å²) in [7, 11) is 0. The minimum absolute atomic E-state index is 0.0548. The maximum absolute atomic E-state index is 12.6. The van der Waals surface area contributed by atoms with Crippen LogP contribution in [0.5, 0.6) is 0 Å². The van der Waals surface area contributed by atoms with Crippen LogP contribution in [0, 0.1) is 5.92 Å². The Hall–Kier alpha value is -3.23. The highest BCUT2D eigenvalue weighted by molar-refractivity contribution is 6.02. The molecule has 0 saturated carbocycles. The predicted octanol–water partition coefficient (Wildman–Crippen LogP) is 1.27. The quantitative estimate of drug-likeness (QED) is 0.750. The highest BCUT2D eigenvalue weighted by atomic mass is 16.5. The summed E-state index contributed by atoms with van der Waals surface area (Å²) in [6.45, 7) is 4.37. The van der Waals surface area contributed by atoms with Gasteiger partial charge in [-0.2, -0.15) is 5.10 Å². The van der Waals surface area contributed by atoms with Crippen molar-refractivity contribution in [3.8, 4) is 0 Å². The molecular formula is C20H23N3O6. The molecule has 0 spiro atoms. The number of esters is 2. The lowest BCUT2D eigenvalue weighted by Crippen LogP contribution is -2.45. The third-order valence-corrected chi connectivity index (χ3v) is 4.95. The van der Waals surface area contributed by atoms with E-state index in [2.05, 4.69) is 10.2 Å².